The number of hydrogen-bond donors (Lipinski definition) is 0. The molecule has 0 atom stereocenters. The van der Waals surface area contributed by atoms with E-state index in [2.05, 4.69) is 4.99 Å². The number of methoxy groups -OCH3 is 1. The van der Waals surface area contributed by atoms with E-state index in [0.29, 0.717) is 11.3 Å². The molecule has 0 radical (unpaired) electrons. The summed E-state index contributed by atoms with van der Waals surface area (Å²) < 4.78 is 8.22. The Balaban J connectivity index is 2.07. The molecule has 0 spiro atoms. The van der Waals surface area contributed by atoms with Gasteiger partial charge >= 0.3 is 5.00 Å². The number of carbonyl (C=O) groups excluding carboxylic acids is 1. The summed E-state index contributed by atoms with van der Waals surface area (Å²) in [5, 5.41) is 10.7. The highest BCUT2D eigenvalue weighted by Crippen LogP contribution is 2.25. The van der Waals surface area contributed by atoms with E-state index in [9.17, 15) is 14.9 Å². The van der Waals surface area contributed by atoms with Gasteiger partial charge in [-0.1, -0.05) is 22.7 Å². The van der Waals surface area contributed by atoms with E-state index < -0.39 is 10.8 Å². The lowest BCUT2D eigenvalue weighted by Gasteiger charge is -2.04. The molecule has 1 aromatic carbocycles. The third-order valence-electron chi connectivity index (χ3n) is 3.59. The van der Waals surface area contributed by atoms with Crippen LogP contribution in [0.25, 0.3) is 10.2 Å². The van der Waals surface area contributed by atoms with Gasteiger partial charge in [0.1, 0.15) is 10.6 Å². The van der Waals surface area contributed by atoms with Gasteiger partial charge in [-0.15, -0.1) is 0 Å². The van der Waals surface area contributed by atoms with Crippen LogP contribution in [0.2, 0.25) is 0 Å². The van der Waals surface area contributed by atoms with E-state index in [0.717, 1.165) is 33.1 Å². The first-order valence-electron chi connectivity index (χ1n) is 7.53. The minimum atomic E-state index is -0.508. The minimum absolute atomic E-state index is 0.0695. The number of nitrogens with zero attached hydrogens (tertiary/aromatic N) is 3. The molecule has 0 aliphatic rings. The molecule has 0 aliphatic carbocycles. The zero-order chi connectivity index (χ0) is 18.7. The van der Waals surface area contributed by atoms with E-state index in [1.807, 2.05) is 29.0 Å². The van der Waals surface area contributed by atoms with Gasteiger partial charge in [-0.05, 0) is 30.5 Å². The molecule has 0 saturated heterocycles. The first kappa shape index (κ1) is 18.6. The fourth-order valence-electron chi connectivity index (χ4n) is 2.35. The summed E-state index contributed by atoms with van der Waals surface area (Å²) in [6.07, 6.45) is 2.02. The molecule has 1 amide bonds. The van der Waals surface area contributed by atoms with Crippen molar-refractivity contribution in [3.63, 3.8) is 0 Å². The second kappa shape index (κ2) is 8.02. The van der Waals surface area contributed by atoms with Crippen molar-refractivity contribution in [2.24, 2.45) is 4.99 Å². The number of rotatable bonds is 6. The lowest BCUT2D eigenvalue weighted by molar-refractivity contribution is -0.380. The average molecular weight is 410 g/mol. The van der Waals surface area contributed by atoms with Crippen molar-refractivity contribution in [2.45, 2.75) is 6.54 Å². The summed E-state index contributed by atoms with van der Waals surface area (Å²) >= 11 is 3.94. The molecule has 0 N–H and O–H groups in total. The van der Waals surface area contributed by atoms with Gasteiger partial charge in [0.05, 0.1) is 22.2 Å². The van der Waals surface area contributed by atoms with Crippen LogP contribution >= 0.6 is 34.4 Å². The van der Waals surface area contributed by atoms with Gasteiger partial charge in [-0.25, -0.2) is 0 Å². The molecule has 0 fully saturated rings. The molecule has 0 unspecified atom stereocenters. The monoisotopic (exact) mass is 409 g/mol. The quantitative estimate of drug-likeness (QED) is 0.457. The van der Waals surface area contributed by atoms with Crippen LogP contribution in [0.1, 0.15) is 9.67 Å². The van der Waals surface area contributed by atoms with Gasteiger partial charge in [0.25, 0.3) is 5.91 Å². The van der Waals surface area contributed by atoms with E-state index in [1.165, 1.54) is 23.5 Å². The zero-order valence-corrected chi connectivity index (χ0v) is 16.4. The highest BCUT2D eigenvalue weighted by Gasteiger charge is 2.16. The van der Waals surface area contributed by atoms with Crippen molar-refractivity contribution in [2.75, 3.05) is 19.1 Å². The maximum atomic E-state index is 12.5. The first-order chi connectivity index (χ1) is 12.5. The third kappa shape index (κ3) is 3.81. The molecule has 2 heterocycles. The molecule has 3 aromatic rings. The third-order valence-corrected chi connectivity index (χ3v) is 6.25. The number of thioether (sulfide) groups is 1. The van der Waals surface area contributed by atoms with Crippen LogP contribution in [0.5, 0.6) is 5.75 Å². The summed E-state index contributed by atoms with van der Waals surface area (Å²) in [5.41, 5.74) is 0.980. The summed E-state index contributed by atoms with van der Waals surface area (Å²) in [7, 11) is 1.61. The van der Waals surface area contributed by atoms with E-state index in [4.69, 9.17) is 4.74 Å². The van der Waals surface area contributed by atoms with Crippen LogP contribution in [-0.2, 0) is 6.54 Å². The predicted octanol–water partition coefficient (Wildman–Crippen LogP) is 3.79. The summed E-state index contributed by atoms with van der Waals surface area (Å²) in [5.74, 6) is 1.14. The molecule has 0 saturated carbocycles. The zero-order valence-electron chi connectivity index (χ0n) is 14.0. The number of aryl methyl sites for hydroxylation is 1. The van der Waals surface area contributed by atoms with Gasteiger partial charge in [-0.2, -0.15) is 16.8 Å². The maximum Gasteiger partial charge on any atom is 0.324 e. The van der Waals surface area contributed by atoms with Crippen LogP contribution in [0.3, 0.4) is 0 Å². The molecule has 26 heavy (non-hydrogen) atoms. The van der Waals surface area contributed by atoms with E-state index in [-0.39, 0.29) is 9.88 Å². The number of nitro groups is 1. The molecule has 2 aromatic heterocycles. The lowest BCUT2D eigenvalue weighted by atomic mass is 10.3. The summed E-state index contributed by atoms with van der Waals surface area (Å²) in [6.45, 7) is 0.712. The largest absolute Gasteiger partial charge is 0.497 e. The second-order valence-corrected chi connectivity index (χ2v) is 8.23. The van der Waals surface area contributed by atoms with Crippen molar-refractivity contribution in [1.29, 1.82) is 0 Å². The molecule has 0 aliphatic heterocycles. The number of fused-ring (bicyclic) bond motifs is 1. The summed E-state index contributed by atoms with van der Waals surface area (Å²) in [6, 6.07) is 8.50. The number of thiophene rings is 1. The molecule has 10 heteroatoms. The molecule has 3 rings (SSSR count). The number of ether oxygens (including phenoxy) is 1. The Morgan fingerprint density at radius 3 is 2.81 bits per heavy atom. The fourth-order valence-corrected chi connectivity index (χ4v) is 4.50. The Morgan fingerprint density at radius 1 is 1.35 bits per heavy atom. The Kier molecular flexibility index (Phi) is 5.74. The standard InChI is InChI=1S/C16H15N3O4S3/c1-23-10-3-4-11-13(9-10)26-16(18(11)7-8-24-2)17-15(20)12-5-6-14(25-12)19(21)22/h3-6,9H,7-8H2,1-2H3. The molecular formula is C16H15N3O4S3. The number of aromatic nitrogens is 1. The van der Waals surface area contributed by atoms with Gasteiger partial charge in [0.2, 0.25) is 0 Å². The van der Waals surface area contributed by atoms with E-state index >= 15 is 0 Å². The summed E-state index contributed by atoms with van der Waals surface area (Å²) in [4.78, 5) is 27.8. The molecule has 7 nitrogen and oxygen atoms in total. The van der Waals surface area contributed by atoms with Gasteiger partial charge in [0, 0.05) is 18.4 Å². The Labute approximate surface area is 161 Å². The molecular weight excluding hydrogens is 394 g/mol. The Bertz CT molecular complexity index is 1030. The number of hydrogen-bond acceptors (Lipinski definition) is 7. The highest BCUT2D eigenvalue weighted by molar-refractivity contribution is 7.98. The van der Waals surface area contributed by atoms with Crippen LogP contribution in [0.15, 0.2) is 35.3 Å². The van der Waals surface area contributed by atoms with Crippen LogP contribution < -0.4 is 9.54 Å². The highest BCUT2D eigenvalue weighted by atomic mass is 32.2. The topological polar surface area (TPSA) is 86.7 Å². The van der Waals surface area contributed by atoms with Crippen molar-refractivity contribution in [3.8, 4) is 5.75 Å². The van der Waals surface area contributed by atoms with Gasteiger partial charge in [0.15, 0.2) is 4.80 Å². The number of benzene rings is 1. The number of amides is 1. The Morgan fingerprint density at radius 2 is 2.15 bits per heavy atom. The van der Waals surface area contributed by atoms with Crippen LogP contribution in [0.4, 0.5) is 5.00 Å². The van der Waals surface area contributed by atoms with Crippen LogP contribution in [-0.4, -0.2) is 34.5 Å². The van der Waals surface area contributed by atoms with Crippen molar-refractivity contribution in [1.82, 2.24) is 4.57 Å². The van der Waals surface area contributed by atoms with Crippen LogP contribution in [0, 0.1) is 10.1 Å². The second-order valence-electron chi connectivity index (χ2n) is 5.17. The predicted molar refractivity (Wildman–Crippen MR) is 106 cm³/mol. The van der Waals surface area contributed by atoms with E-state index in [1.54, 1.807) is 18.9 Å². The first-order valence-corrected chi connectivity index (χ1v) is 10.6. The van der Waals surface area contributed by atoms with Crippen molar-refractivity contribution in [3.05, 3.63) is 50.1 Å². The lowest BCUT2D eigenvalue weighted by Crippen LogP contribution is -2.18. The van der Waals surface area contributed by atoms with Crippen molar-refractivity contribution >= 4 is 55.6 Å². The SMILES string of the molecule is COc1ccc2c(c1)sc(=NC(=O)c1ccc([N+](=O)[O-])s1)n2CCSC. The Hall–Kier alpha value is -2.17. The fraction of sp³-hybridized carbons (Fsp3) is 0.250. The van der Waals surface area contributed by atoms with Crippen molar-refractivity contribution < 1.29 is 14.5 Å². The molecule has 136 valence electrons. The van der Waals surface area contributed by atoms with Gasteiger partial charge in [-0.3, -0.25) is 14.9 Å². The normalized spacial score (nSPS) is 11.8. The average Bonchev–Trinajstić information content (AvgIpc) is 3.24. The molecule has 0 bridgehead atoms. The maximum absolute atomic E-state index is 12.5. The number of thiazole rings is 1. The van der Waals surface area contributed by atoms with Gasteiger partial charge < -0.3 is 9.30 Å². The minimum Gasteiger partial charge on any atom is -0.497 e. The number of carbonyl (C=O) groups is 1. The smallest absolute Gasteiger partial charge is 0.324 e.